The molecule has 3 aliphatic carbocycles. The van der Waals surface area contributed by atoms with Crippen molar-refractivity contribution in [1.82, 2.24) is 5.06 Å². The molecule has 1 aliphatic heterocycles. The van der Waals surface area contributed by atoms with E-state index in [0.29, 0.717) is 10.1 Å². The van der Waals surface area contributed by atoms with Gasteiger partial charge in [0.05, 0.1) is 17.0 Å². The number of halogens is 1. The molecule has 3 atom stereocenters. The van der Waals surface area contributed by atoms with Gasteiger partial charge in [0.2, 0.25) is 0 Å². The van der Waals surface area contributed by atoms with Gasteiger partial charge in [0.15, 0.2) is 0 Å². The van der Waals surface area contributed by atoms with E-state index < -0.39 is 17.8 Å². The second-order valence-electron chi connectivity index (χ2n) is 7.50. The number of amides is 2. The highest BCUT2D eigenvalue weighted by molar-refractivity contribution is 6.30. The van der Waals surface area contributed by atoms with Crippen molar-refractivity contribution in [3.63, 3.8) is 0 Å². The molecular formula is C21H16ClNO4. The number of imide groups is 1. The molecule has 2 aromatic rings. The Hall–Kier alpha value is -2.66. The van der Waals surface area contributed by atoms with Crippen LogP contribution in [0.25, 0.3) is 0 Å². The van der Waals surface area contributed by atoms with Gasteiger partial charge in [-0.2, -0.15) is 0 Å². The van der Waals surface area contributed by atoms with Gasteiger partial charge in [0, 0.05) is 10.4 Å². The van der Waals surface area contributed by atoms with Gasteiger partial charge >= 0.3 is 5.97 Å². The standard InChI is InChI=1S/C21H16ClNO4/c22-14-7-5-13(6-8-14)21-10-9-12(11-21)17(21)20(26)27-23-18(24)15-3-1-2-4-16(15)19(23)25/h1-8,12,17H,9-11H2/t12-,17+,21+/m0/s1. The van der Waals surface area contributed by atoms with Crippen LogP contribution in [0.1, 0.15) is 45.5 Å². The molecule has 5 nitrogen and oxygen atoms in total. The van der Waals surface area contributed by atoms with Crippen molar-refractivity contribution < 1.29 is 19.2 Å². The van der Waals surface area contributed by atoms with Gasteiger partial charge in [-0.25, -0.2) is 4.79 Å². The molecule has 136 valence electrons. The van der Waals surface area contributed by atoms with Crippen LogP contribution in [-0.2, 0) is 15.0 Å². The second-order valence-corrected chi connectivity index (χ2v) is 7.94. The zero-order valence-corrected chi connectivity index (χ0v) is 15.1. The molecule has 3 saturated carbocycles. The van der Waals surface area contributed by atoms with Crippen molar-refractivity contribution in [3.05, 3.63) is 70.2 Å². The van der Waals surface area contributed by atoms with E-state index in [-0.39, 0.29) is 28.4 Å². The van der Waals surface area contributed by atoms with Gasteiger partial charge in [0.1, 0.15) is 0 Å². The Morgan fingerprint density at radius 1 is 1.04 bits per heavy atom. The van der Waals surface area contributed by atoms with E-state index in [2.05, 4.69) is 0 Å². The Labute approximate surface area is 160 Å². The normalized spacial score (nSPS) is 28.1. The summed E-state index contributed by atoms with van der Waals surface area (Å²) < 4.78 is 0. The average molecular weight is 382 g/mol. The molecule has 0 saturated heterocycles. The molecule has 0 spiro atoms. The smallest absolute Gasteiger partial charge is 0.329 e. The van der Waals surface area contributed by atoms with Gasteiger partial charge in [-0.3, -0.25) is 9.59 Å². The number of rotatable bonds is 3. The molecule has 2 aromatic carbocycles. The van der Waals surface area contributed by atoms with E-state index in [9.17, 15) is 14.4 Å². The third kappa shape index (κ3) is 2.21. The highest BCUT2D eigenvalue weighted by Crippen LogP contribution is 2.64. The topological polar surface area (TPSA) is 63.7 Å². The fourth-order valence-corrected chi connectivity index (χ4v) is 5.14. The molecule has 1 heterocycles. The van der Waals surface area contributed by atoms with Crippen molar-refractivity contribution >= 4 is 29.4 Å². The van der Waals surface area contributed by atoms with Crippen LogP contribution in [0.5, 0.6) is 0 Å². The predicted octanol–water partition coefficient (Wildman–Crippen LogP) is 3.76. The Morgan fingerprint density at radius 3 is 2.26 bits per heavy atom. The number of hydroxylamine groups is 2. The average Bonchev–Trinajstić information content (AvgIpc) is 3.32. The molecule has 6 rings (SSSR count). The number of fused-ring (bicyclic) bond motifs is 2. The zero-order chi connectivity index (χ0) is 18.8. The first-order valence-electron chi connectivity index (χ1n) is 8.97. The van der Waals surface area contributed by atoms with Crippen molar-refractivity contribution in [2.45, 2.75) is 24.7 Å². The monoisotopic (exact) mass is 381 g/mol. The third-order valence-electron chi connectivity index (χ3n) is 6.27. The molecule has 0 aromatic heterocycles. The van der Waals surface area contributed by atoms with E-state index in [1.165, 1.54) is 0 Å². The molecule has 2 bridgehead atoms. The lowest BCUT2D eigenvalue weighted by Crippen LogP contribution is -2.51. The van der Waals surface area contributed by atoms with Crippen molar-refractivity contribution in [2.24, 2.45) is 11.8 Å². The summed E-state index contributed by atoms with van der Waals surface area (Å²) in [5, 5.41) is 1.26. The quantitative estimate of drug-likeness (QED) is 0.759. The highest BCUT2D eigenvalue weighted by Gasteiger charge is 2.64. The Bertz CT molecular complexity index is 947. The lowest BCUT2D eigenvalue weighted by atomic mass is 9.57. The highest BCUT2D eigenvalue weighted by atomic mass is 35.5. The summed E-state index contributed by atoms with van der Waals surface area (Å²) in [6, 6.07) is 14.0. The summed E-state index contributed by atoms with van der Waals surface area (Å²) in [5.74, 6) is -1.80. The van der Waals surface area contributed by atoms with Crippen LogP contribution in [0.15, 0.2) is 48.5 Å². The molecule has 0 radical (unpaired) electrons. The first-order valence-corrected chi connectivity index (χ1v) is 9.35. The molecule has 27 heavy (non-hydrogen) atoms. The number of carbonyl (C=O) groups excluding carboxylic acids is 3. The lowest BCUT2D eigenvalue weighted by Gasteiger charge is -2.46. The van der Waals surface area contributed by atoms with E-state index >= 15 is 0 Å². The summed E-state index contributed by atoms with van der Waals surface area (Å²) in [4.78, 5) is 43.2. The molecule has 3 fully saturated rings. The number of nitrogens with zero attached hydrogens (tertiary/aromatic N) is 1. The molecular weight excluding hydrogens is 366 g/mol. The van der Waals surface area contributed by atoms with Gasteiger partial charge in [0.25, 0.3) is 11.8 Å². The van der Waals surface area contributed by atoms with E-state index in [1.807, 2.05) is 24.3 Å². The van der Waals surface area contributed by atoms with Crippen LogP contribution in [-0.4, -0.2) is 22.8 Å². The Morgan fingerprint density at radius 2 is 1.67 bits per heavy atom. The largest absolute Gasteiger partial charge is 0.337 e. The van der Waals surface area contributed by atoms with Gasteiger partial charge in [-0.05, 0) is 55.0 Å². The van der Waals surface area contributed by atoms with Gasteiger partial charge in [-0.1, -0.05) is 40.9 Å². The maximum atomic E-state index is 12.9. The second kappa shape index (κ2) is 5.67. The summed E-state index contributed by atoms with van der Waals surface area (Å²) in [6.07, 6.45) is 2.74. The summed E-state index contributed by atoms with van der Waals surface area (Å²) in [6.45, 7) is 0. The SMILES string of the molecule is O=C(ON1C(=O)c2ccccc2C1=O)[C@H]1[C@H]2CC[C@]1(c1ccc(Cl)cc1)C2. The molecule has 6 heteroatoms. The lowest BCUT2D eigenvalue weighted by molar-refractivity contribution is -0.182. The Balaban J connectivity index is 1.40. The fourth-order valence-electron chi connectivity index (χ4n) is 5.01. The molecule has 0 unspecified atom stereocenters. The van der Waals surface area contributed by atoms with Crippen molar-refractivity contribution in [3.8, 4) is 0 Å². The van der Waals surface area contributed by atoms with E-state index in [4.69, 9.17) is 16.4 Å². The van der Waals surface area contributed by atoms with Crippen molar-refractivity contribution in [2.75, 3.05) is 0 Å². The molecule has 4 aliphatic rings. The summed E-state index contributed by atoms with van der Waals surface area (Å²) >= 11 is 5.99. The minimum absolute atomic E-state index is 0.225. The van der Waals surface area contributed by atoms with Crippen LogP contribution in [0.4, 0.5) is 0 Å². The summed E-state index contributed by atoms with van der Waals surface area (Å²) in [5.41, 5.74) is 1.30. The third-order valence-corrected chi connectivity index (χ3v) is 6.52. The maximum Gasteiger partial charge on any atom is 0.337 e. The minimum atomic E-state index is -0.587. The number of hydrogen-bond acceptors (Lipinski definition) is 4. The van der Waals surface area contributed by atoms with E-state index in [0.717, 1.165) is 24.8 Å². The first kappa shape index (κ1) is 16.5. The number of carbonyl (C=O) groups is 3. The molecule has 2 amide bonds. The van der Waals surface area contributed by atoms with Crippen LogP contribution >= 0.6 is 11.6 Å². The predicted molar refractivity (Wildman–Crippen MR) is 97.0 cm³/mol. The molecule has 0 N–H and O–H groups in total. The van der Waals surface area contributed by atoms with Crippen molar-refractivity contribution in [1.29, 1.82) is 0 Å². The van der Waals surface area contributed by atoms with Gasteiger partial charge < -0.3 is 4.84 Å². The number of benzene rings is 2. The summed E-state index contributed by atoms with van der Waals surface area (Å²) in [7, 11) is 0. The Kier molecular flexibility index (Phi) is 3.46. The van der Waals surface area contributed by atoms with E-state index in [1.54, 1.807) is 24.3 Å². The van der Waals surface area contributed by atoms with Gasteiger partial charge in [-0.15, -0.1) is 0 Å². The zero-order valence-electron chi connectivity index (χ0n) is 14.4. The number of hydrogen-bond donors (Lipinski definition) is 0. The fraction of sp³-hybridized carbons (Fsp3) is 0.286. The minimum Gasteiger partial charge on any atom is -0.329 e. The van der Waals surface area contributed by atoms with Crippen LogP contribution < -0.4 is 0 Å². The van der Waals surface area contributed by atoms with Crippen LogP contribution in [0.2, 0.25) is 5.02 Å². The van der Waals surface area contributed by atoms with Crippen LogP contribution in [0, 0.1) is 11.8 Å². The maximum absolute atomic E-state index is 12.9. The first-order chi connectivity index (χ1) is 13.0. The van der Waals surface area contributed by atoms with Crippen LogP contribution in [0.3, 0.4) is 0 Å².